The van der Waals surface area contributed by atoms with E-state index in [9.17, 15) is 4.79 Å². The van der Waals surface area contributed by atoms with Gasteiger partial charge in [-0.2, -0.15) is 4.37 Å². The number of esters is 1. The Bertz CT molecular complexity index is 1190. The van der Waals surface area contributed by atoms with Crippen molar-refractivity contribution in [1.82, 2.24) is 13.7 Å². The van der Waals surface area contributed by atoms with Gasteiger partial charge in [0.05, 0.1) is 31.9 Å². The molecule has 0 saturated heterocycles. The van der Waals surface area contributed by atoms with Gasteiger partial charge in [0.25, 0.3) is 5.88 Å². The number of nitrogens with zero attached hydrogens (tertiary/aromatic N) is 3. The Kier molecular flexibility index (Phi) is 8.77. The van der Waals surface area contributed by atoms with Gasteiger partial charge in [0.15, 0.2) is 6.04 Å². The highest BCUT2D eigenvalue weighted by atomic mass is 32.1. The molecular weight excluding hydrogens is 474 g/mol. The lowest BCUT2D eigenvalue weighted by atomic mass is 10.0. The van der Waals surface area contributed by atoms with E-state index in [2.05, 4.69) is 45.6 Å². The smallest absolute Gasteiger partial charge is 0.369 e. The Hall–Kier alpha value is -2.75. The maximum atomic E-state index is 13.0. The molecule has 0 amide bonds. The summed E-state index contributed by atoms with van der Waals surface area (Å²) in [6, 6.07) is 7.62. The molecule has 3 atom stereocenters. The highest BCUT2D eigenvalue weighted by molar-refractivity contribution is 6.99. The van der Waals surface area contributed by atoms with Crippen LogP contribution in [0.25, 0.3) is 16.5 Å². The molecule has 0 saturated carbocycles. The van der Waals surface area contributed by atoms with E-state index in [0.717, 1.165) is 53.5 Å². The Morgan fingerprint density at radius 2 is 2.08 bits per heavy atom. The number of unbranched alkanes of at least 4 members (excludes halogenated alkanes) is 3. The zero-order valence-electron chi connectivity index (χ0n) is 21.7. The third kappa shape index (κ3) is 6.14. The lowest BCUT2D eigenvalue weighted by Crippen LogP contribution is -2.67. The molecular formula is C27H39N5O3S+2. The summed E-state index contributed by atoms with van der Waals surface area (Å²) in [5.41, 5.74) is 8.19. The van der Waals surface area contributed by atoms with E-state index in [1.807, 2.05) is 31.3 Å². The van der Waals surface area contributed by atoms with Crippen molar-refractivity contribution in [3.8, 4) is 5.88 Å². The third-order valence-electron chi connectivity index (χ3n) is 7.20. The first kappa shape index (κ1) is 26.3. The van der Waals surface area contributed by atoms with Crippen molar-refractivity contribution in [1.29, 1.82) is 0 Å². The number of nitrogens with one attached hydrogen (secondary N) is 1. The van der Waals surface area contributed by atoms with E-state index in [4.69, 9.17) is 9.47 Å². The number of rotatable bonds is 12. The van der Waals surface area contributed by atoms with Crippen LogP contribution in [0.4, 0.5) is 0 Å². The molecule has 3 heterocycles. The lowest BCUT2D eigenvalue weighted by molar-refractivity contribution is -0.944. The van der Waals surface area contributed by atoms with Gasteiger partial charge >= 0.3 is 5.97 Å². The molecule has 36 heavy (non-hydrogen) atoms. The van der Waals surface area contributed by atoms with Gasteiger partial charge in [0, 0.05) is 42.4 Å². The van der Waals surface area contributed by atoms with Crippen molar-refractivity contribution in [2.75, 3.05) is 26.7 Å². The zero-order chi connectivity index (χ0) is 25.5. The quantitative estimate of drug-likeness (QED) is 0.217. The minimum Gasteiger partial charge on any atom is -0.475 e. The first-order valence-corrected chi connectivity index (χ1v) is 13.7. The number of quaternary nitrogens is 2. The number of hydrogen-bond acceptors (Lipinski definition) is 6. The second-order valence-electron chi connectivity index (χ2n) is 10.0. The normalized spacial score (nSPS) is 19.6. The van der Waals surface area contributed by atoms with E-state index in [0.29, 0.717) is 29.9 Å². The molecule has 8 nitrogen and oxygen atoms in total. The summed E-state index contributed by atoms with van der Waals surface area (Å²) in [5, 5.41) is 1.12. The SMILES string of the molecule is CCCCCCOc1nsnc1C1=CCC[N+](C)([C@@H](C)OC(=O)[C@@H]([NH3+])Cc2c[nH]c3ccccc23)C1. The van der Waals surface area contributed by atoms with Crippen molar-refractivity contribution in [3.05, 3.63) is 47.8 Å². The molecule has 0 aliphatic carbocycles. The van der Waals surface area contributed by atoms with Gasteiger partial charge < -0.3 is 20.2 Å². The van der Waals surface area contributed by atoms with E-state index in [-0.39, 0.29) is 12.2 Å². The van der Waals surface area contributed by atoms with Gasteiger partial charge in [-0.15, -0.1) is 4.37 Å². The predicted octanol–water partition coefficient (Wildman–Crippen LogP) is 3.95. The minimum atomic E-state index is -0.478. The minimum absolute atomic E-state index is 0.269. The number of hydrogen-bond donors (Lipinski definition) is 2. The zero-order valence-corrected chi connectivity index (χ0v) is 22.5. The van der Waals surface area contributed by atoms with Crippen LogP contribution in [0.2, 0.25) is 0 Å². The molecule has 1 unspecified atom stereocenters. The van der Waals surface area contributed by atoms with Crippen LogP contribution >= 0.6 is 11.7 Å². The lowest BCUT2D eigenvalue weighted by Gasteiger charge is -2.41. The molecule has 9 heteroatoms. The summed E-state index contributed by atoms with van der Waals surface area (Å²) < 4.78 is 21.5. The van der Waals surface area contributed by atoms with E-state index >= 15 is 0 Å². The highest BCUT2D eigenvalue weighted by Crippen LogP contribution is 2.31. The molecule has 4 N–H and O–H groups in total. The molecule has 0 radical (unpaired) electrons. The van der Waals surface area contributed by atoms with Crippen LogP contribution in [0.15, 0.2) is 36.5 Å². The van der Waals surface area contributed by atoms with Gasteiger partial charge in [0.1, 0.15) is 12.2 Å². The highest BCUT2D eigenvalue weighted by Gasteiger charge is 2.38. The molecule has 194 valence electrons. The van der Waals surface area contributed by atoms with Crippen LogP contribution < -0.4 is 10.5 Å². The molecule has 0 spiro atoms. The maximum Gasteiger partial charge on any atom is 0.369 e. The first-order valence-electron chi connectivity index (χ1n) is 13.0. The Morgan fingerprint density at radius 3 is 2.92 bits per heavy atom. The number of likely N-dealkylation sites (N-methyl/N-ethyl adjacent to an activating group) is 1. The summed E-state index contributed by atoms with van der Waals surface area (Å²) >= 11 is 1.18. The Labute approximate surface area is 217 Å². The molecule has 4 rings (SSSR count). The second kappa shape index (κ2) is 12.0. The van der Waals surface area contributed by atoms with Crippen molar-refractivity contribution >= 4 is 34.2 Å². The van der Waals surface area contributed by atoms with Crippen LogP contribution in [0.1, 0.15) is 57.2 Å². The van der Waals surface area contributed by atoms with Gasteiger partial charge in [-0.05, 0) is 18.1 Å². The molecule has 3 aromatic rings. The summed E-state index contributed by atoms with van der Waals surface area (Å²) in [4.78, 5) is 16.3. The monoisotopic (exact) mass is 513 g/mol. The van der Waals surface area contributed by atoms with Gasteiger partial charge in [-0.1, -0.05) is 50.5 Å². The fourth-order valence-electron chi connectivity index (χ4n) is 4.76. The molecule has 0 fully saturated rings. The van der Waals surface area contributed by atoms with Crippen molar-refractivity contribution in [2.24, 2.45) is 0 Å². The summed E-state index contributed by atoms with van der Waals surface area (Å²) in [7, 11) is 2.13. The average molecular weight is 514 g/mol. The maximum absolute atomic E-state index is 13.0. The first-order chi connectivity index (χ1) is 17.4. The number of para-hydroxylation sites is 1. The van der Waals surface area contributed by atoms with Crippen molar-refractivity contribution < 1.29 is 24.5 Å². The van der Waals surface area contributed by atoms with E-state index in [1.54, 1.807) is 0 Å². The molecule has 1 aromatic carbocycles. The van der Waals surface area contributed by atoms with Crippen molar-refractivity contribution in [2.45, 2.75) is 64.6 Å². The molecule has 0 bridgehead atoms. The van der Waals surface area contributed by atoms with E-state index in [1.165, 1.54) is 24.6 Å². The number of fused-ring (bicyclic) bond motifs is 1. The number of H-pyrrole nitrogens is 1. The van der Waals surface area contributed by atoms with Gasteiger partial charge in [-0.25, -0.2) is 4.79 Å². The molecule has 1 aliphatic heterocycles. The van der Waals surface area contributed by atoms with Gasteiger partial charge in [-0.3, -0.25) is 4.48 Å². The number of benzene rings is 1. The second-order valence-corrected chi connectivity index (χ2v) is 10.5. The van der Waals surface area contributed by atoms with Crippen molar-refractivity contribution in [3.63, 3.8) is 0 Å². The van der Waals surface area contributed by atoms with Crippen LogP contribution in [-0.2, 0) is 16.0 Å². The third-order valence-corrected chi connectivity index (χ3v) is 7.71. The molecule has 2 aromatic heterocycles. The number of carbonyl (C=O) groups is 1. The number of ether oxygens (including phenoxy) is 2. The van der Waals surface area contributed by atoms with Crippen LogP contribution in [0.5, 0.6) is 5.88 Å². The van der Waals surface area contributed by atoms with Crippen LogP contribution in [0, 0.1) is 0 Å². The largest absolute Gasteiger partial charge is 0.475 e. The predicted molar refractivity (Wildman–Crippen MR) is 142 cm³/mol. The van der Waals surface area contributed by atoms with Gasteiger partial charge in [0.2, 0.25) is 6.23 Å². The standard InChI is InChI=1S/C27H38N5O3S/c1-4-5-6-9-15-34-26-25(30-36-31-26)20-11-10-14-32(3,18-20)19(2)35-27(33)23(28)16-21-17-29-24-13-8-7-12-22(21)24/h7-8,11-13,17,19,23,29H,4-6,9-10,14-16,18,28H2,1-3H3/q+1/p+1/t19-,23+,32?/m1/s1. The van der Waals surface area contributed by atoms with E-state index < -0.39 is 6.04 Å². The Balaban J connectivity index is 1.35. The number of aromatic amines is 1. The van der Waals surface area contributed by atoms with Crippen LogP contribution in [0.3, 0.4) is 0 Å². The topological polar surface area (TPSA) is 105 Å². The number of carbonyl (C=O) groups excluding carboxylic acids is 1. The summed E-state index contributed by atoms with van der Waals surface area (Å²) in [6.07, 6.45) is 9.90. The summed E-state index contributed by atoms with van der Waals surface area (Å²) in [6.45, 7) is 6.42. The Morgan fingerprint density at radius 1 is 1.25 bits per heavy atom. The van der Waals surface area contributed by atoms with Crippen LogP contribution in [-0.4, -0.2) is 63.2 Å². The fraction of sp³-hybridized carbons (Fsp3) is 0.519. The molecule has 1 aliphatic rings. The summed E-state index contributed by atoms with van der Waals surface area (Å²) in [5.74, 6) is 0.354. The number of aromatic nitrogens is 3. The fourth-order valence-corrected chi connectivity index (χ4v) is 5.29. The average Bonchev–Trinajstić information content (AvgIpc) is 3.51.